The van der Waals surface area contributed by atoms with Crippen LogP contribution in [0, 0.1) is 23.7 Å². The van der Waals surface area contributed by atoms with Gasteiger partial charge in [0.2, 0.25) is 0 Å². The molecular weight excluding hydrogens is 336 g/mol. The van der Waals surface area contributed by atoms with Gasteiger partial charge < -0.3 is 9.84 Å². The highest BCUT2D eigenvalue weighted by molar-refractivity contribution is 5.87. The second-order valence-electron chi connectivity index (χ2n) is 9.28. The topological polar surface area (TPSA) is 46.5 Å². The molecule has 1 atom stereocenters. The van der Waals surface area contributed by atoms with E-state index in [1.807, 2.05) is 0 Å². The van der Waals surface area contributed by atoms with Crippen LogP contribution in [0.3, 0.4) is 0 Å². The Kier molecular flexibility index (Phi) is 9.89. The summed E-state index contributed by atoms with van der Waals surface area (Å²) >= 11 is 0. The number of aliphatic hydroxyl groups is 1. The molecule has 0 aromatic carbocycles. The van der Waals surface area contributed by atoms with Gasteiger partial charge in [0.15, 0.2) is 0 Å². The van der Waals surface area contributed by atoms with Crippen molar-refractivity contribution in [3.05, 3.63) is 12.2 Å². The Balaban J connectivity index is 1.66. The highest BCUT2D eigenvalue weighted by Crippen LogP contribution is 2.43. The fourth-order valence-corrected chi connectivity index (χ4v) is 5.31. The number of rotatable bonds is 10. The third-order valence-electron chi connectivity index (χ3n) is 7.09. The molecule has 2 aliphatic carbocycles. The average molecular weight is 379 g/mol. The fourth-order valence-electron chi connectivity index (χ4n) is 5.31. The highest BCUT2D eigenvalue weighted by Gasteiger charge is 2.31. The number of carbonyl (C=O) groups is 1. The van der Waals surface area contributed by atoms with Crippen molar-refractivity contribution in [1.82, 2.24) is 0 Å². The molecule has 0 aromatic rings. The number of unbranched alkanes of at least 4 members (excludes halogenated alkanes) is 2. The molecule has 0 saturated heterocycles. The van der Waals surface area contributed by atoms with Crippen LogP contribution in [-0.2, 0) is 9.53 Å². The third-order valence-corrected chi connectivity index (χ3v) is 7.09. The molecule has 2 saturated carbocycles. The minimum atomic E-state index is -0.376. The maximum absolute atomic E-state index is 11.7. The molecule has 156 valence electrons. The van der Waals surface area contributed by atoms with Gasteiger partial charge in [-0.25, -0.2) is 4.79 Å². The van der Waals surface area contributed by atoms with Gasteiger partial charge in [0, 0.05) is 5.57 Å². The molecule has 2 fully saturated rings. The van der Waals surface area contributed by atoms with Crippen LogP contribution in [0.2, 0.25) is 0 Å². The quantitative estimate of drug-likeness (QED) is 0.286. The predicted molar refractivity (Wildman–Crippen MR) is 111 cm³/mol. The SMILES string of the molecule is C=C(C)C(=O)OC(CO)CC1CCC(C2CCC(CCCCC)CC2)CC1. The predicted octanol–water partition coefficient (Wildman–Crippen LogP) is 6.05. The summed E-state index contributed by atoms with van der Waals surface area (Å²) in [5.74, 6) is 3.06. The molecule has 0 radical (unpaired) electrons. The van der Waals surface area contributed by atoms with Crippen molar-refractivity contribution in [3.8, 4) is 0 Å². The van der Waals surface area contributed by atoms with Crippen LogP contribution in [0.5, 0.6) is 0 Å². The number of aliphatic hydroxyl groups excluding tert-OH is 1. The Hall–Kier alpha value is -0.830. The van der Waals surface area contributed by atoms with Gasteiger partial charge in [-0.3, -0.25) is 0 Å². The molecule has 2 rings (SSSR count). The molecular formula is C24H42O3. The van der Waals surface area contributed by atoms with Gasteiger partial charge in [-0.1, -0.05) is 64.9 Å². The molecule has 0 aromatic heterocycles. The summed E-state index contributed by atoms with van der Waals surface area (Å²) in [5, 5.41) is 9.54. The van der Waals surface area contributed by atoms with Gasteiger partial charge >= 0.3 is 5.97 Å². The standard InChI is InChI=1S/C24H42O3/c1-4-5-6-7-19-8-12-21(13-9-19)22-14-10-20(11-15-22)16-23(17-25)27-24(26)18(2)3/h19-23,25H,2,4-17H2,1,3H3. The van der Waals surface area contributed by atoms with Crippen LogP contribution in [-0.4, -0.2) is 23.8 Å². The third kappa shape index (κ3) is 7.60. The van der Waals surface area contributed by atoms with Gasteiger partial charge in [-0.15, -0.1) is 0 Å². The van der Waals surface area contributed by atoms with Crippen LogP contribution in [0.4, 0.5) is 0 Å². The first-order chi connectivity index (χ1) is 13.0. The van der Waals surface area contributed by atoms with Crippen molar-refractivity contribution < 1.29 is 14.6 Å². The number of hydrogen-bond acceptors (Lipinski definition) is 3. The minimum absolute atomic E-state index is 0.0823. The Morgan fingerprint density at radius 1 is 1.00 bits per heavy atom. The molecule has 0 bridgehead atoms. The van der Waals surface area contributed by atoms with E-state index in [4.69, 9.17) is 4.74 Å². The molecule has 0 heterocycles. The van der Waals surface area contributed by atoms with Crippen LogP contribution in [0.1, 0.15) is 97.3 Å². The molecule has 3 heteroatoms. The smallest absolute Gasteiger partial charge is 0.333 e. The lowest BCUT2D eigenvalue weighted by Gasteiger charge is -2.38. The van der Waals surface area contributed by atoms with Gasteiger partial charge in [0.05, 0.1) is 6.61 Å². The van der Waals surface area contributed by atoms with Gasteiger partial charge in [-0.2, -0.15) is 0 Å². The van der Waals surface area contributed by atoms with Crippen LogP contribution < -0.4 is 0 Å². The molecule has 0 aliphatic heterocycles. The molecule has 1 unspecified atom stereocenters. The summed E-state index contributed by atoms with van der Waals surface area (Å²) in [6.07, 6.45) is 17.0. The fraction of sp³-hybridized carbons (Fsp3) is 0.875. The number of carbonyl (C=O) groups excluding carboxylic acids is 1. The Bertz CT molecular complexity index is 443. The highest BCUT2D eigenvalue weighted by atomic mass is 16.6. The zero-order valence-corrected chi connectivity index (χ0v) is 17.8. The van der Waals surface area contributed by atoms with E-state index < -0.39 is 0 Å². The van der Waals surface area contributed by atoms with Gasteiger partial charge in [0.25, 0.3) is 0 Å². The summed E-state index contributed by atoms with van der Waals surface area (Å²) < 4.78 is 5.37. The van der Waals surface area contributed by atoms with Crippen molar-refractivity contribution >= 4 is 5.97 Å². The van der Waals surface area contributed by atoms with E-state index in [1.54, 1.807) is 6.92 Å². The molecule has 27 heavy (non-hydrogen) atoms. The maximum atomic E-state index is 11.7. The van der Waals surface area contributed by atoms with Crippen LogP contribution in [0.25, 0.3) is 0 Å². The Labute approximate surface area is 167 Å². The lowest BCUT2D eigenvalue weighted by Crippen LogP contribution is -2.29. The first kappa shape index (κ1) is 22.5. The first-order valence-electron chi connectivity index (χ1n) is 11.5. The second-order valence-corrected chi connectivity index (χ2v) is 9.28. The molecule has 0 amide bonds. The van der Waals surface area contributed by atoms with Crippen LogP contribution >= 0.6 is 0 Å². The lowest BCUT2D eigenvalue weighted by molar-refractivity contribution is -0.147. The summed E-state index contributed by atoms with van der Waals surface area (Å²) in [6, 6.07) is 0. The zero-order chi connectivity index (χ0) is 19.6. The monoisotopic (exact) mass is 378 g/mol. The zero-order valence-electron chi connectivity index (χ0n) is 17.8. The van der Waals surface area contributed by atoms with Crippen molar-refractivity contribution in [1.29, 1.82) is 0 Å². The van der Waals surface area contributed by atoms with Crippen molar-refractivity contribution in [2.45, 2.75) is 103 Å². The second kappa shape index (κ2) is 11.9. The summed E-state index contributed by atoms with van der Waals surface area (Å²) in [7, 11) is 0. The average Bonchev–Trinajstić information content (AvgIpc) is 2.68. The summed E-state index contributed by atoms with van der Waals surface area (Å²) in [6.45, 7) is 7.48. The maximum Gasteiger partial charge on any atom is 0.333 e. The summed E-state index contributed by atoms with van der Waals surface area (Å²) in [5.41, 5.74) is 0.405. The first-order valence-corrected chi connectivity index (χ1v) is 11.5. The molecule has 3 nitrogen and oxygen atoms in total. The van der Waals surface area contributed by atoms with Crippen molar-refractivity contribution in [2.75, 3.05) is 6.61 Å². The van der Waals surface area contributed by atoms with E-state index in [2.05, 4.69) is 13.5 Å². The Morgan fingerprint density at radius 3 is 2.04 bits per heavy atom. The van der Waals surface area contributed by atoms with E-state index in [1.165, 1.54) is 77.0 Å². The van der Waals surface area contributed by atoms with Crippen molar-refractivity contribution in [2.24, 2.45) is 23.7 Å². The van der Waals surface area contributed by atoms with Gasteiger partial charge in [-0.05, 0) is 62.7 Å². The number of esters is 1. The molecule has 1 N–H and O–H groups in total. The van der Waals surface area contributed by atoms with E-state index in [-0.39, 0.29) is 18.7 Å². The molecule has 0 spiro atoms. The normalized spacial score (nSPS) is 29.9. The Morgan fingerprint density at radius 2 is 1.56 bits per heavy atom. The molecule has 2 aliphatic rings. The van der Waals surface area contributed by atoms with E-state index >= 15 is 0 Å². The van der Waals surface area contributed by atoms with Crippen LogP contribution in [0.15, 0.2) is 12.2 Å². The van der Waals surface area contributed by atoms with Crippen molar-refractivity contribution in [3.63, 3.8) is 0 Å². The number of ether oxygens (including phenoxy) is 1. The lowest BCUT2D eigenvalue weighted by atomic mass is 9.68. The largest absolute Gasteiger partial charge is 0.457 e. The van der Waals surface area contributed by atoms with E-state index in [0.29, 0.717) is 11.5 Å². The minimum Gasteiger partial charge on any atom is -0.457 e. The van der Waals surface area contributed by atoms with Gasteiger partial charge in [0.1, 0.15) is 6.10 Å². The van der Waals surface area contributed by atoms with E-state index in [0.717, 1.165) is 24.2 Å². The number of hydrogen-bond donors (Lipinski definition) is 1. The van der Waals surface area contributed by atoms with E-state index in [9.17, 15) is 9.90 Å². The summed E-state index contributed by atoms with van der Waals surface area (Å²) in [4.78, 5) is 11.7.